The third-order valence-electron chi connectivity index (χ3n) is 4.27. The Balaban J connectivity index is 1.88. The van der Waals surface area contributed by atoms with Gasteiger partial charge in [0.15, 0.2) is 0 Å². The normalized spacial score (nSPS) is 21.8. The van der Waals surface area contributed by atoms with Crippen LogP contribution in [-0.4, -0.2) is 36.9 Å². The lowest BCUT2D eigenvalue weighted by atomic mass is 9.96. The van der Waals surface area contributed by atoms with Crippen LogP contribution in [0.1, 0.15) is 31.2 Å². The summed E-state index contributed by atoms with van der Waals surface area (Å²) in [7, 11) is -3.41. The van der Waals surface area contributed by atoms with Crippen LogP contribution < -0.4 is 0 Å². The fraction of sp³-hybridized carbons (Fsp3) is 0.500. The fourth-order valence-electron chi connectivity index (χ4n) is 2.77. The number of aliphatic carboxylic acids is 1. The standard InChI is InChI=1S/C14H17NO4S/c16-13(17)14(7-8-14)11-3-5-12(6-4-11)20(18,19)15-9-1-2-10-15/h3-6H,1-2,7-10H2,(H,16,17). The van der Waals surface area contributed by atoms with Crippen LogP contribution in [0.25, 0.3) is 0 Å². The molecule has 1 saturated carbocycles. The van der Waals surface area contributed by atoms with Gasteiger partial charge in [-0.1, -0.05) is 12.1 Å². The van der Waals surface area contributed by atoms with Crippen molar-refractivity contribution in [3.63, 3.8) is 0 Å². The average Bonchev–Trinajstić information content (AvgIpc) is 3.06. The number of sulfonamides is 1. The maximum absolute atomic E-state index is 12.4. The van der Waals surface area contributed by atoms with Gasteiger partial charge in [-0.2, -0.15) is 4.31 Å². The first-order valence-electron chi connectivity index (χ1n) is 6.81. The van der Waals surface area contributed by atoms with Crippen molar-refractivity contribution in [1.82, 2.24) is 4.31 Å². The topological polar surface area (TPSA) is 74.7 Å². The van der Waals surface area contributed by atoms with Gasteiger partial charge in [-0.25, -0.2) is 8.42 Å². The van der Waals surface area contributed by atoms with Gasteiger partial charge in [-0.15, -0.1) is 0 Å². The largest absolute Gasteiger partial charge is 0.481 e. The van der Waals surface area contributed by atoms with Crippen LogP contribution in [-0.2, 0) is 20.2 Å². The van der Waals surface area contributed by atoms with E-state index in [1.165, 1.54) is 16.4 Å². The Hall–Kier alpha value is -1.40. The van der Waals surface area contributed by atoms with E-state index >= 15 is 0 Å². The molecular weight excluding hydrogens is 278 g/mol. The zero-order valence-corrected chi connectivity index (χ0v) is 11.9. The highest BCUT2D eigenvalue weighted by Gasteiger charge is 2.51. The zero-order valence-electron chi connectivity index (χ0n) is 11.1. The van der Waals surface area contributed by atoms with Gasteiger partial charge >= 0.3 is 5.97 Å². The highest BCUT2D eigenvalue weighted by molar-refractivity contribution is 7.89. The van der Waals surface area contributed by atoms with Gasteiger partial charge in [-0.05, 0) is 43.4 Å². The lowest BCUT2D eigenvalue weighted by molar-refractivity contribution is -0.140. The summed E-state index contributed by atoms with van der Waals surface area (Å²) in [6.07, 6.45) is 3.06. The molecule has 1 aromatic carbocycles. The fourth-order valence-corrected chi connectivity index (χ4v) is 4.29. The van der Waals surface area contributed by atoms with Crippen LogP contribution in [0.15, 0.2) is 29.2 Å². The first kappa shape index (κ1) is 13.6. The summed E-state index contributed by atoms with van der Waals surface area (Å²) < 4.78 is 26.2. The monoisotopic (exact) mass is 295 g/mol. The molecule has 6 heteroatoms. The number of carbonyl (C=O) groups is 1. The van der Waals surface area contributed by atoms with Crippen molar-refractivity contribution < 1.29 is 18.3 Å². The summed E-state index contributed by atoms with van der Waals surface area (Å²) in [6, 6.07) is 6.35. The molecule has 1 heterocycles. The molecule has 0 spiro atoms. The number of hydrogen-bond donors (Lipinski definition) is 1. The Labute approximate surface area is 118 Å². The predicted molar refractivity (Wildman–Crippen MR) is 73.0 cm³/mol. The van der Waals surface area contributed by atoms with Crippen LogP contribution in [0.2, 0.25) is 0 Å². The van der Waals surface area contributed by atoms with Crippen molar-refractivity contribution in [3.05, 3.63) is 29.8 Å². The number of hydrogen-bond acceptors (Lipinski definition) is 3. The molecule has 0 amide bonds. The van der Waals surface area contributed by atoms with E-state index in [4.69, 9.17) is 0 Å². The van der Waals surface area contributed by atoms with E-state index in [9.17, 15) is 18.3 Å². The van der Waals surface area contributed by atoms with Crippen LogP contribution in [0, 0.1) is 0 Å². The Morgan fingerprint density at radius 1 is 1.10 bits per heavy atom. The van der Waals surface area contributed by atoms with Crippen LogP contribution in [0.4, 0.5) is 0 Å². The Kier molecular flexibility index (Phi) is 3.10. The van der Waals surface area contributed by atoms with Crippen molar-refractivity contribution in [2.45, 2.75) is 36.0 Å². The van der Waals surface area contributed by atoms with E-state index in [1.54, 1.807) is 12.1 Å². The summed E-state index contributed by atoms with van der Waals surface area (Å²) in [6.45, 7) is 1.15. The lowest BCUT2D eigenvalue weighted by Gasteiger charge is -2.16. The van der Waals surface area contributed by atoms with Crippen LogP contribution >= 0.6 is 0 Å². The molecule has 2 aliphatic rings. The molecule has 0 radical (unpaired) electrons. The third-order valence-corrected chi connectivity index (χ3v) is 6.18. The second kappa shape index (κ2) is 4.56. The molecule has 0 atom stereocenters. The number of nitrogens with zero attached hydrogens (tertiary/aromatic N) is 1. The third kappa shape index (κ3) is 2.03. The van der Waals surface area contributed by atoms with Gasteiger partial charge in [0.25, 0.3) is 0 Å². The van der Waals surface area contributed by atoms with Gasteiger partial charge < -0.3 is 5.11 Å². The number of carboxylic acid groups (broad SMARTS) is 1. The highest BCUT2D eigenvalue weighted by Crippen LogP contribution is 2.48. The van der Waals surface area contributed by atoms with Gasteiger partial charge in [-0.3, -0.25) is 4.79 Å². The summed E-state index contributed by atoms with van der Waals surface area (Å²) in [5.41, 5.74) is -0.0824. The molecule has 1 aromatic rings. The van der Waals surface area contributed by atoms with Crippen LogP contribution in [0.5, 0.6) is 0 Å². The van der Waals surface area contributed by atoms with Gasteiger partial charge in [0.2, 0.25) is 10.0 Å². The first-order chi connectivity index (χ1) is 9.47. The summed E-state index contributed by atoms with van der Waals surface area (Å²) in [4.78, 5) is 11.5. The Bertz CT molecular complexity index is 626. The second-order valence-electron chi connectivity index (χ2n) is 5.52. The first-order valence-corrected chi connectivity index (χ1v) is 8.25. The molecule has 3 rings (SSSR count). The molecule has 1 aliphatic heterocycles. The number of carboxylic acids is 1. The SMILES string of the molecule is O=C(O)C1(c2ccc(S(=O)(=O)N3CCCC3)cc2)CC1. The molecule has 0 unspecified atom stereocenters. The lowest BCUT2D eigenvalue weighted by Crippen LogP contribution is -2.28. The van der Waals surface area contributed by atoms with E-state index < -0.39 is 21.4 Å². The van der Waals surface area contributed by atoms with Crippen LogP contribution in [0.3, 0.4) is 0 Å². The van der Waals surface area contributed by atoms with Crippen molar-refractivity contribution in [2.75, 3.05) is 13.1 Å². The molecule has 2 fully saturated rings. The minimum atomic E-state index is -3.41. The van der Waals surface area contributed by atoms with E-state index in [0.29, 0.717) is 31.5 Å². The molecule has 20 heavy (non-hydrogen) atoms. The van der Waals surface area contributed by atoms with Crippen molar-refractivity contribution in [3.8, 4) is 0 Å². The predicted octanol–water partition coefficient (Wildman–Crippen LogP) is 1.59. The number of benzene rings is 1. The Morgan fingerprint density at radius 3 is 2.10 bits per heavy atom. The molecular formula is C14H17NO4S. The molecule has 108 valence electrons. The summed E-state index contributed by atoms with van der Waals surface area (Å²) in [5.74, 6) is -0.826. The quantitative estimate of drug-likeness (QED) is 0.915. The molecule has 1 saturated heterocycles. The van der Waals surface area contributed by atoms with Crippen molar-refractivity contribution in [2.24, 2.45) is 0 Å². The van der Waals surface area contributed by atoms with Gasteiger partial charge in [0.1, 0.15) is 0 Å². The maximum atomic E-state index is 12.4. The van der Waals surface area contributed by atoms with Gasteiger partial charge in [0.05, 0.1) is 10.3 Å². The van der Waals surface area contributed by atoms with Crippen molar-refractivity contribution >= 4 is 16.0 Å². The molecule has 5 nitrogen and oxygen atoms in total. The molecule has 1 aliphatic carbocycles. The van der Waals surface area contributed by atoms with E-state index in [0.717, 1.165) is 12.8 Å². The maximum Gasteiger partial charge on any atom is 0.314 e. The molecule has 1 N–H and O–H groups in total. The van der Waals surface area contributed by atoms with Gasteiger partial charge in [0, 0.05) is 13.1 Å². The minimum absolute atomic E-state index is 0.254. The minimum Gasteiger partial charge on any atom is -0.481 e. The summed E-state index contributed by atoms with van der Waals surface area (Å²) in [5, 5.41) is 9.23. The smallest absolute Gasteiger partial charge is 0.314 e. The average molecular weight is 295 g/mol. The molecule has 0 bridgehead atoms. The summed E-state index contributed by atoms with van der Waals surface area (Å²) >= 11 is 0. The zero-order chi connectivity index (χ0) is 14.4. The number of rotatable bonds is 4. The second-order valence-corrected chi connectivity index (χ2v) is 7.46. The van der Waals surface area contributed by atoms with Crippen molar-refractivity contribution in [1.29, 1.82) is 0 Å². The Morgan fingerprint density at radius 2 is 1.65 bits per heavy atom. The van der Waals surface area contributed by atoms with E-state index in [1.807, 2.05) is 0 Å². The van der Waals surface area contributed by atoms with E-state index in [2.05, 4.69) is 0 Å². The molecule has 0 aromatic heterocycles. The van der Waals surface area contributed by atoms with E-state index in [-0.39, 0.29) is 4.90 Å². The highest BCUT2D eigenvalue weighted by atomic mass is 32.2.